The number of methoxy groups -OCH3 is 1. The van der Waals surface area contributed by atoms with Gasteiger partial charge in [0.1, 0.15) is 0 Å². The number of morpholine rings is 1. The number of nitrogens with zero attached hydrogens (tertiary/aromatic N) is 2. The van der Waals surface area contributed by atoms with E-state index in [4.69, 9.17) is 9.47 Å². The van der Waals surface area contributed by atoms with Crippen molar-refractivity contribution in [2.75, 3.05) is 53.6 Å². The van der Waals surface area contributed by atoms with Gasteiger partial charge in [0.05, 0.1) is 32.3 Å². The molecule has 0 aromatic carbocycles. The number of hydrogen-bond acceptors (Lipinski definition) is 6. The lowest BCUT2D eigenvalue weighted by atomic mass is 10.2. The highest BCUT2D eigenvalue weighted by molar-refractivity contribution is 7.10. The summed E-state index contributed by atoms with van der Waals surface area (Å²) in [5, 5.41) is 8.67. The fourth-order valence-electron chi connectivity index (χ4n) is 2.73. The summed E-state index contributed by atoms with van der Waals surface area (Å²) < 4.78 is 10.2. The van der Waals surface area contributed by atoms with Gasteiger partial charge in [-0.1, -0.05) is 13.0 Å². The first-order valence-electron chi connectivity index (χ1n) is 8.53. The van der Waals surface area contributed by atoms with Gasteiger partial charge in [-0.05, 0) is 11.4 Å². The summed E-state index contributed by atoms with van der Waals surface area (Å²) in [6.45, 7) is 6.44. The number of aliphatic imine (C=N–C) groups is 1. The van der Waals surface area contributed by atoms with Gasteiger partial charge in [-0.25, -0.2) is 0 Å². The summed E-state index contributed by atoms with van der Waals surface area (Å²) >= 11 is 1.77. The highest BCUT2D eigenvalue weighted by Crippen LogP contribution is 2.25. The number of carbonyl (C=O) groups is 1. The summed E-state index contributed by atoms with van der Waals surface area (Å²) in [5.74, 6) is 0.231. The van der Waals surface area contributed by atoms with Crippen molar-refractivity contribution in [1.82, 2.24) is 15.5 Å². The third-order valence-electron chi connectivity index (χ3n) is 4.22. The highest BCUT2D eigenvalue weighted by Gasteiger charge is 2.23. The monoisotopic (exact) mass is 368 g/mol. The second-order valence-corrected chi connectivity index (χ2v) is 6.92. The van der Waals surface area contributed by atoms with Gasteiger partial charge in [0.15, 0.2) is 5.96 Å². The van der Waals surface area contributed by atoms with Crippen molar-refractivity contribution in [3.8, 4) is 0 Å². The van der Waals surface area contributed by atoms with Crippen LogP contribution in [0, 0.1) is 5.92 Å². The molecule has 0 aliphatic carbocycles. The fraction of sp³-hybridized carbons (Fsp3) is 0.647. The number of carbonyl (C=O) groups excluding carboxylic acids is 1. The summed E-state index contributed by atoms with van der Waals surface area (Å²) in [6, 6.07) is 4.53. The van der Waals surface area contributed by atoms with E-state index in [-0.39, 0.29) is 17.9 Å². The van der Waals surface area contributed by atoms with Gasteiger partial charge in [0.25, 0.3) is 0 Å². The van der Waals surface area contributed by atoms with Crippen molar-refractivity contribution < 1.29 is 14.3 Å². The maximum absolute atomic E-state index is 11.5. The molecule has 2 N–H and O–H groups in total. The molecular formula is C17H28N4O3S. The van der Waals surface area contributed by atoms with E-state index in [1.54, 1.807) is 18.4 Å². The SMILES string of the molecule is CN=C(NCC(C)C(=O)OC)NCC(c1cccs1)N1CCOCC1. The largest absolute Gasteiger partial charge is 0.469 e. The molecule has 0 amide bonds. The van der Waals surface area contributed by atoms with Crippen LogP contribution in [0.15, 0.2) is 22.5 Å². The Morgan fingerprint density at radius 2 is 2.12 bits per heavy atom. The van der Waals surface area contributed by atoms with Gasteiger partial charge in [0, 0.05) is 38.1 Å². The van der Waals surface area contributed by atoms with E-state index in [0.717, 1.165) is 32.8 Å². The van der Waals surface area contributed by atoms with Crippen LogP contribution in [0.3, 0.4) is 0 Å². The summed E-state index contributed by atoms with van der Waals surface area (Å²) in [7, 11) is 3.13. The van der Waals surface area contributed by atoms with Crippen LogP contribution in [-0.4, -0.2) is 70.4 Å². The number of ether oxygens (including phenoxy) is 2. The van der Waals surface area contributed by atoms with Gasteiger partial charge in [-0.15, -0.1) is 11.3 Å². The lowest BCUT2D eigenvalue weighted by Gasteiger charge is -2.34. The Balaban J connectivity index is 1.90. The quantitative estimate of drug-likeness (QED) is 0.426. The predicted molar refractivity (Wildman–Crippen MR) is 100.0 cm³/mol. The topological polar surface area (TPSA) is 75.2 Å². The average Bonchev–Trinajstić information content (AvgIpc) is 3.18. The molecule has 8 heteroatoms. The number of guanidine groups is 1. The van der Waals surface area contributed by atoms with Crippen LogP contribution in [0.4, 0.5) is 0 Å². The number of rotatable bonds is 7. The lowest BCUT2D eigenvalue weighted by Crippen LogP contribution is -2.47. The Kier molecular flexibility index (Phi) is 8.17. The number of thiophene rings is 1. The van der Waals surface area contributed by atoms with Crippen LogP contribution in [0.5, 0.6) is 0 Å². The smallest absolute Gasteiger partial charge is 0.310 e. The van der Waals surface area contributed by atoms with E-state index in [1.807, 2.05) is 6.92 Å². The Morgan fingerprint density at radius 3 is 2.72 bits per heavy atom. The van der Waals surface area contributed by atoms with E-state index in [2.05, 4.69) is 38.0 Å². The lowest BCUT2D eigenvalue weighted by molar-refractivity contribution is -0.144. The molecule has 0 saturated carbocycles. The molecule has 1 aliphatic rings. The Bertz CT molecular complexity index is 544. The molecule has 1 aromatic heterocycles. The Labute approximate surface area is 153 Å². The van der Waals surface area contributed by atoms with Crippen LogP contribution in [0.2, 0.25) is 0 Å². The zero-order chi connectivity index (χ0) is 18.1. The molecule has 2 atom stereocenters. The normalized spacial score (nSPS) is 18.4. The van der Waals surface area contributed by atoms with Crippen molar-refractivity contribution in [2.24, 2.45) is 10.9 Å². The van der Waals surface area contributed by atoms with Crippen LogP contribution in [0.1, 0.15) is 17.8 Å². The molecule has 2 rings (SSSR count). The molecule has 0 bridgehead atoms. The van der Waals surface area contributed by atoms with Crippen LogP contribution in [0.25, 0.3) is 0 Å². The zero-order valence-corrected chi connectivity index (χ0v) is 16.0. The van der Waals surface area contributed by atoms with Gasteiger partial charge >= 0.3 is 5.97 Å². The number of nitrogens with one attached hydrogen (secondary N) is 2. The average molecular weight is 369 g/mol. The minimum Gasteiger partial charge on any atom is -0.469 e. The summed E-state index contributed by atoms with van der Waals surface area (Å²) in [6.07, 6.45) is 0. The first kappa shape index (κ1) is 19.7. The fourth-order valence-corrected chi connectivity index (χ4v) is 3.59. The molecule has 7 nitrogen and oxygen atoms in total. The molecule has 1 aliphatic heterocycles. The van der Waals surface area contributed by atoms with E-state index >= 15 is 0 Å². The molecule has 2 heterocycles. The van der Waals surface area contributed by atoms with Gasteiger partial charge in [-0.3, -0.25) is 14.7 Å². The molecule has 1 fully saturated rings. The van der Waals surface area contributed by atoms with Crippen LogP contribution < -0.4 is 10.6 Å². The third-order valence-corrected chi connectivity index (χ3v) is 5.20. The molecular weight excluding hydrogens is 340 g/mol. The minimum atomic E-state index is -0.229. The predicted octanol–water partition coefficient (Wildman–Crippen LogP) is 1.10. The second-order valence-electron chi connectivity index (χ2n) is 5.94. The number of esters is 1. The second kappa shape index (κ2) is 10.4. The minimum absolute atomic E-state index is 0.226. The highest BCUT2D eigenvalue weighted by atomic mass is 32.1. The van der Waals surface area contributed by atoms with Gasteiger partial charge < -0.3 is 20.1 Å². The standard InChI is InChI=1S/C17H28N4O3S/c1-13(16(22)23-3)11-19-17(18-2)20-12-14(15-5-4-10-25-15)21-6-8-24-9-7-21/h4-5,10,13-14H,6-9,11-12H2,1-3H3,(H2,18,19,20). The van der Waals surface area contributed by atoms with Gasteiger partial charge in [0.2, 0.25) is 0 Å². The first-order valence-corrected chi connectivity index (χ1v) is 9.41. The molecule has 1 aromatic rings. The molecule has 0 radical (unpaired) electrons. The van der Waals surface area contributed by atoms with Crippen molar-refractivity contribution in [3.63, 3.8) is 0 Å². The molecule has 25 heavy (non-hydrogen) atoms. The van der Waals surface area contributed by atoms with Crippen molar-refractivity contribution in [2.45, 2.75) is 13.0 Å². The third kappa shape index (κ3) is 5.98. The molecule has 0 spiro atoms. The van der Waals surface area contributed by atoms with Crippen molar-refractivity contribution in [1.29, 1.82) is 0 Å². The van der Waals surface area contributed by atoms with Crippen molar-refractivity contribution >= 4 is 23.3 Å². The Hall–Kier alpha value is -1.64. The Morgan fingerprint density at radius 1 is 1.40 bits per heavy atom. The molecule has 2 unspecified atom stereocenters. The van der Waals surface area contributed by atoms with E-state index < -0.39 is 0 Å². The summed E-state index contributed by atoms with van der Waals surface area (Å²) in [4.78, 5) is 19.5. The maximum atomic E-state index is 11.5. The van der Waals surface area contributed by atoms with Crippen LogP contribution in [-0.2, 0) is 14.3 Å². The van der Waals surface area contributed by atoms with Crippen LogP contribution >= 0.6 is 11.3 Å². The van der Waals surface area contributed by atoms with E-state index in [9.17, 15) is 4.79 Å². The van der Waals surface area contributed by atoms with Crippen molar-refractivity contribution in [3.05, 3.63) is 22.4 Å². The van der Waals surface area contributed by atoms with E-state index in [0.29, 0.717) is 12.5 Å². The molecule has 1 saturated heterocycles. The van der Waals surface area contributed by atoms with Gasteiger partial charge in [-0.2, -0.15) is 0 Å². The maximum Gasteiger partial charge on any atom is 0.310 e. The first-order chi connectivity index (χ1) is 12.2. The summed E-state index contributed by atoms with van der Waals surface area (Å²) in [5.41, 5.74) is 0. The zero-order valence-electron chi connectivity index (χ0n) is 15.2. The number of hydrogen-bond donors (Lipinski definition) is 2. The van der Waals surface area contributed by atoms with E-state index in [1.165, 1.54) is 12.0 Å². The molecule has 140 valence electrons.